The predicted octanol–water partition coefficient (Wildman–Crippen LogP) is 6.96. The van der Waals surface area contributed by atoms with E-state index in [1.54, 1.807) is 66.7 Å². The first-order valence-electron chi connectivity index (χ1n) is 11.2. The first-order valence-corrected chi connectivity index (χ1v) is 12.0. The maximum absolute atomic E-state index is 13.3. The number of halogens is 2. The number of aliphatic hydroxyl groups is 1. The van der Waals surface area contributed by atoms with Crippen molar-refractivity contribution < 1.29 is 19.4 Å². The van der Waals surface area contributed by atoms with Crippen molar-refractivity contribution >= 4 is 46.3 Å². The number of anilines is 1. The van der Waals surface area contributed by atoms with Crippen molar-refractivity contribution in [3.05, 3.63) is 99.0 Å². The number of rotatable bonds is 6. The molecule has 0 aromatic heterocycles. The van der Waals surface area contributed by atoms with Crippen LogP contribution in [-0.4, -0.2) is 23.4 Å². The van der Waals surface area contributed by atoms with Crippen molar-refractivity contribution in [3.8, 4) is 5.75 Å². The van der Waals surface area contributed by atoms with Gasteiger partial charge in [-0.05, 0) is 72.5 Å². The second-order valence-electron chi connectivity index (χ2n) is 8.88. The Morgan fingerprint density at radius 3 is 2.26 bits per heavy atom. The van der Waals surface area contributed by atoms with Crippen LogP contribution in [-0.2, 0) is 9.59 Å². The normalized spacial score (nSPS) is 17.3. The average Bonchev–Trinajstić information content (AvgIpc) is 3.10. The minimum atomic E-state index is -0.858. The molecule has 1 aliphatic rings. The monoisotopic (exact) mass is 509 g/mol. The first-order chi connectivity index (χ1) is 16.7. The summed E-state index contributed by atoms with van der Waals surface area (Å²) in [6.45, 7) is 6.52. The number of carbonyl (C=O) groups excluding carboxylic acids is 2. The van der Waals surface area contributed by atoms with Gasteiger partial charge in [0.05, 0.1) is 18.2 Å². The fraction of sp³-hybridized carbons (Fsp3) is 0.214. The van der Waals surface area contributed by atoms with E-state index < -0.39 is 17.7 Å². The second kappa shape index (κ2) is 10.1. The fourth-order valence-corrected chi connectivity index (χ4v) is 4.22. The number of aryl methyl sites for hydroxylation is 1. The summed E-state index contributed by atoms with van der Waals surface area (Å²) in [4.78, 5) is 27.9. The van der Waals surface area contributed by atoms with Gasteiger partial charge in [0.1, 0.15) is 11.5 Å². The van der Waals surface area contributed by atoms with Crippen LogP contribution < -0.4 is 9.64 Å². The lowest BCUT2D eigenvalue weighted by Gasteiger charge is -2.26. The molecule has 5 nitrogen and oxygen atoms in total. The molecule has 1 aliphatic heterocycles. The number of hydrogen-bond donors (Lipinski definition) is 1. The summed E-state index contributed by atoms with van der Waals surface area (Å²) in [7, 11) is 0. The third-order valence-corrected chi connectivity index (χ3v) is 6.43. The maximum atomic E-state index is 13.3. The Balaban J connectivity index is 1.83. The molecule has 0 radical (unpaired) electrons. The number of nitrogens with zero attached hydrogens (tertiary/aromatic N) is 1. The Morgan fingerprint density at radius 2 is 1.66 bits per heavy atom. The Hall–Kier alpha value is -3.28. The molecule has 0 bridgehead atoms. The Morgan fingerprint density at radius 1 is 1.00 bits per heavy atom. The Bertz CT molecular complexity index is 1300. The van der Waals surface area contributed by atoms with E-state index in [1.807, 2.05) is 6.92 Å². The highest BCUT2D eigenvalue weighted by Gasteiger charge is 2.47. The van der Waals surface area contributed by atoms with Gasteiger partial charge in [-0.15, -0.1) is 0 Å². The quantitative estimate of drug-likeness (QED) is 0.221. The highest BCUT2D eigenvalue weighted by atomic mass is 35.5. The number of aliphatic hydroxyl groups excluding tert-OH is 1. The Kier molecular flexibility index (Phi) is 7.20. The molecule has 180 valence electrons. The Labute approximate surface area is 214 Å². The summed E-state index contributed by atoms with van der Waals surface area (Å²) in [6.07, 6.45) is 0. The molecular weight excluding hydrogens is 485 g/mol. The molecule has 1 unspecified atom stereocenters. The van der Waals surface area contributed by atoms with Crippen molar-refractivity contribution in [2.24, 2.45) is 5.92 Å². The highest BCUT2D eigenvalue weighted by molar-refractivity contribution is 6.51. The molecule has 1 fully saturated rings. The first kappa shape index (κ1) is 24.8. The summed E-state index contributed by atoms with van der Waals surface area (Å²) in [5.74, 6) is -0.769. The van der Waals surface area contributed by atoms with E-state index in [9.17, 15) is 14.7 Å². The molecule has 3 aromatic rings. The number of benzene rings is 3. The van der Waals surface area contributed by atoms with Gasteiger partial charge in [-0.1, -0.05) is 55.2 Å². The van der Waals surface area contributed by atoms with Gasteiger partial charge < -0.3 is 9.84 Å². The van der Waals surface area contributed by atoms with Gasteiger partial charge in [-0.3, -0.25) is 14.5 Å². The van der Waals surface area contributed by atoms with Crippen molar-refractivity contribution in [2.75, 3.05) is 11.5 Å². The molecule has 1 heterocycles. The third-order valence-electron chi connectivity index (χ3n) is 5.77. The van der Waals surface area contributed by atoms with Crippen molar-refractivity contribution in [1.82, 2.24) is 0 Å². The summed E-state index contributed by atoms with van der Waals surface area (Å²) in [5.41, 5.74) is 2.32. The van der Waals surface area contributed by atoms with Crippen molar-refractivity contribution in [3.63, 3.8) is 0 Å². The van der Waals surface area contributed by atoms with Gasteiger partial charge in [0.25, 0.3) is 11.7 Å². The second-order valence-corrected chi connectivity index (χ2v) is 9.73. The molecule has 1 atom stereocenters. The van der Waals surface area contributed by atoms with Crippen LogP contribution in [0.2, 0.25) is 10.0 Å². The predicted molar refractivity (Wildman–Crippen MR) is 139 cm³/mol. The molecular formula is C28H25Cl2NO4. The zero-order valence-corrected chi connectivity index (χ0v) is 21.1. The molecule has 4 rings (SSSR count). The van der Waals surface area contributed by atoms with Gasteiger partial charge >= 0.3 is 0 Å². The van der Waals surface area contributed by atoms with Crippen LogP contribution in [0, 0.1) is 12.8 Å². The molecule has 0 spiro atoms. The number of ether oxygens (including phenoxy) is 1. The summed E-state index contributed by atoms with van der Waals surface area (Å²) in [6, 6.07) is 17.9. The highest BCUT2D eigenvalue weighted by Crippen LogP contribution is 2.43. The van der Waals surface area contributed by atoms with Crippen molar-refractivity contribution in [1.29, 1.82) is 0 Å². The van der Waals surface area contributed by atoms with Crippen LogP contribution in [0.15, 0.2) is 72.3 Å². The number of Topliss-reactive ketones (excluding diaryl/α,β-unsaturated/α-hetero) is 1. The van der Waals surface area contributed by atoms with Crippen molar-refractivity contribution in [2.45, 2.75) is 26.8 Å². The minimum Gasteiger partial charge on any atom is -0.507 e. The molecule has 1 saturated heterocycles. The molecule has 35 heavy (non-hydrogen) atoms. The van der Waals surface area contributed by atoms with E-state index in [0.29, 0.717) is 45.1 Å². The maximum Gasteiger partial charge on any atom is 0.300 e. The standard InChI is InChI=1S/C28H25Cl2NO4/c1-16(2)15-35-22-12-7-19(8-13-22)26(32)24-25(18-5-9-20(29)10-6-18)31(28(34)27(24)33)21-11-4-17(3)23(30)14-21/h4-14,16,25,32H,15H2,1-3H3/b26-24+. The average molecular weight is 510 g/mol. The van der Waals surface area contributed by atoms with E-state index in [-0.39, 0.29) is 11.3 Å². The lowest BCUT2D eigenvalue weighted by molar-refractivity contribution is -0.132. The van der Waals surface area contributed by atoms with E-state index in [0.717, 1.165) is 5.56 Å². The van der Waals surface area contributed by atoms with E-state index >= 15 is 0 Å². The van der Waals surface area contributed by atoms with Gasteiger partial charge in [0, 0.05) is 21.3 Å². The lowest BCUT2D eigenvalue weighted by Crippen LogP contribution is -2.29. The van der Waals surface area contributed by atoms with Gasteiger partial charge in [-0.2, -0.15) is 0 Å². The zero-order valence-electron chi connectivity index (χ0n) is 19.6. The molecule has 1 N–H and O–H groups in total. The van der Waals surface area contributed by atoms with Crippen LogP contribution in [0.5, 0.6) is 5.75 Å². The van der Waals surface area contributed by atoms with E-state index in [4.69, 9.17) is 27.9 Å². The van der Waals surface area contributed by atoms with Crippen LogP contribution >= 0.6 is 23.2 Å². The van der Waals surface area contributed by atoms with Gasteiger partial charge in [-0.25, -0.2) is 0 Å². The van der Waals surface area contributed by atoms with E-state index in [2.05, 4.69) is 13.8 Å². The number of hydrogen-bond acceptors (Lipinski definition) is 4. The fourth-order valence-electron chi connectivity index (χ4n) is 3.92. The summed E-state index contributed by atoms with van der Waals surface area (Å²) in [5, 5.41) is 12.2. The largest absolute Gasteiger partial charge is 0.507 e. The third kappa shape index (κ3) is 5.07. The molecule has 0 saturated carbocycles. The van der Waals surface area contributed by atoms with Crippen LogP contribution in [0.1, 0.15) is 36.6 Å². The number of carbonyl (C=O) groups is 2. The number of amides is 1. The van der Waals surface area contributed by atoms with Crippen LogP contribution in [0.25, 0.3) is 5.76 Å². The number of ketones is 1. The summed E-state index contributed by atoms with van der Waals surface area (Å²) >= 11 is 12.4. The van der Waals surface area contributed by atoms with Gasteiger partial charge in [0.15, 0.2) is 0 Å². The van der Waals surface area contributed by atoms with Crippen LogP contribution in [0.4, 0.5) is 5.69 Å². The van der Waals surface area contributed by atoms with E-state index in [1.165, 1.54) is 4.90 Å². The lowest BCUT2D eigenvalue weighted by atomic mass is 9.95. The smallest absolute Gasteiger partial charge is 0.300 e. The molecule has 0 aliphatic carbocycles. The molecule has 1 amide bonds. The zero-order chi connectivity index (χ0) is 25.3. The molecule has 7 heteroatoms. The molecule has 3 aromatic carbocycles. The van der Waals surface area contributed by atoms with Crippen LogP contribution in [0.3, 0.4) is 0 Å². The minimum absolute atomic E-state index is 0.00938. The SMILES string of the molecule is Cc1ccc(N2C(=O)C(=O)/C(=C(/O)c3ccc(OCC(C)C)cc3)C2c2ccc(Cl)cc2)cc1Cl. The summed E-state index contributed by atoms with van der Waals surface area (Å²) < 4.78 is 5.71. The topological polar surface area (TPSA) is 66.8 Å². The van der Waals surface area contributed by atoms with Gasteiger partial charge in [0.2, 0.25) is 0 Å².